The van der Waals surface area contributed by atoms with E-state index in [1.165, 1.54) is 12.1 Å². The van der Waals surface area contributed by atoms with E-state index in [9.17, 15) is 4.39 Å². The molecule has 2 rings (SSSR count). The Labute approximate surface area is 131 Å². The van der Waals surface area contributed by atoms with Crippen molar-refractivity contribution in [1.29, 1.82) is 0 Å². The van der Waals surface area contributed by atoms with Gasteiger partial charge in [0.2, 0.25) is 0 Å². The molecule has 0 aromatic heterocycles. The molecule has 20 heavy (non-hydrogen) atoms. The van der Waals surface area contributed by atoms with Gasteiger partial charge in [0, 0.05) is 12.2 Å². The first-order valence-electron chi connectivity index (χ1n) is 6.04. The molecule has 0 aliphatic carbocycles. The highest BCUT2D eigenvalue weighted by molar-refractivity contribution is 14.1. The third-order valence-electron chi connectivity index (χ3n) is 2.83. The zero-order chi connectivity index (χ0) is 14.5. The topological polar surface area (TPSA) is 30.5 Å². The molecule has 0 fully saturated rings. The van der Waals surface area contributed by atoms with E-state index in [2.05, 4.69) is 27.9 Å². The minimum absolute atomic E-state index is 0.240. The average Bonchev–Trinajstić information content (AvgIpc) is 2.46. The van der Waals surface area contributed by atoms with Crippen LogP contribution in [-0.2, 0) is 6.54 Å². The molecule has 0 radical (unpaired) electrons. The number of benzene rings is 2. The van der Waals surface area contributed by atoms with Gasteiger partial charge in [-0.2, -0.15) is 0 Å². The molecule has 0 unspecified atom stereocenters. The molecular weight excluding hydrogens is 372 g/mol. The van der Waals surface area contributed by atoms with E-state index in [1.54, 1.807) is 26.4 Å². The van der Waals surface area contributed by atoms with E-state index >= 15 is 0 Å². The molecular formula is C15H15FINO2. The van der Waals surface area contributed by atoms with Crippen LogP contribution in [0.2, 0.25) is 0 Å². The normalized spacial score (nSPS) is 10.2. The lowest BCUT2D eigenvalue weighted by atomic mass is 10.2. The summed E-state index contributed by atoms with van der Waals surface area (Å²) in [4.78, 5) is 0. The summed E-state index contributed by atoms with van der Waals surface area (Å²) in [6.07, 6.45) is 0. The van der Waals surface area contributed by atoms with E-state index < -0.39 is 0 Å². The van der Waals surface area contributed by atoms with Gasteiger partial charge in [-0.1, -0.05) is 0 Å². The first kappa shape index (κ1) is 14.9. The minimum atomic E-state index is -0.240. The van der Waals surface area contributed by atoms with Gasteiger partial charge in [-0.05, 0) is 64.6 Å². The SMILES string of the molecule is COc1cc(CNc2ccc(F)cc2)cc(I)c1OC. The lowest BCUT2D eigenvalue weighted by molar-refractivity contribution is 0.352. The predicted molar refractivity (Wildman–Crippen MR) is 86.0 cm³/mol. The highest BCUT2D eigenvalue weighted by Crippen LogP contribution is 2.33. The molecule has 1 N–H and O–H groups in total. The van der Waals surface area contributed by atoms with Crippen molar-refractivity contribution in [3.8, 4) is 11.5 Å². The van der Waals surface area contributed by atoms with Crippen LogP contribution >= 0.6 is 22.6 Å². The van der Waals surface area contributed by atoms with Gasteiger partial charge < -0.3 is 14.8 Å². The first-order valence-corrected chi connectivity index (χ1v) is 7.11. The Bertz CT molecular complexity index is 587. The van der Waals surface area contributed by atoms with Gasteiger partial charge in [0.05, 0.1) is 17.8 Å². The van der Waals surface area contributed by atoms with Crippen molar-refractivity contribution in [2.24, 2.45) is 0 Å². The lowest BCUT2D eigenvalue weighted by Crippen LogP contribution is -2.02. The fraction of sp³-hybridized carbons (Fsp3) is 0.200. The maximum absolute atomic E-state index is 12.8. The quantitative estimate of drug-likeness (QED) is 0.786. The van der Waals surface area contributed by atoms with Crippen LogP contribution in [0.15, 0.2) is 36.4 Å². The van der Waals surface area contributed by atoms with Crippen LogP contribution in [0.25, 0.3) is 0 Å². The molecule has 0 spiro atoms. The number of rotatable bonds is 5. The molecule has 2 aromatic rings. The Kier molecular flexibility index (Phi) is 5.05. The summed E-state index contributed by atoms with van der Waals surface area (Å²) in [5.41, 5.74) is 1.94. The number of methoxy groups -OCH3 is 2. The second-order valence-corrected chi connectivity index (χ2v) is 5.34. The summed E-state index contributed by atoms with van der Waals surface area (Å²) in [6.45, 7) is 0.627. The van der Waals surface area contributed by atoms with Crippen LogP contribution in [0.4, 0.5) is 10.1 Å². The molecule has 0 aliphatic rings. The molecule has 2 aromatic carbocycles. The van der Waals surface area contributed by atoms with Crippen molar-refractivity contribution in [2.75, 3.05) is 19.5 Å². The Morgan fingerprint density at radius 1 is 1.10 bits per heavy atom. The standard InChI is InChI=1S/C15H15FINO2/c1-19-14-8-10(7-13(17)15(14)20-2)9-18-12-5-3-11(16)4-6-12/h3-8,18H,9H2,1-2H3. The lowest BCUT2D eigenvalue weighted by Gasteiger charge is -2.13. The highest BCUT2D eigenvalue weighted by atomic mass is 127. The van der Waals surface area contributed by atoms with Gasteiger partial charge in [0.25, 0.3) is 0 Å². The largest absolute Gasteiger partial charge is 0.493 e. The molecule has 5 heteroatoms. The molecule has 0 saturated heterocycles. The zero-order valence-corrected chi connectivity index (χ0v) is 13.4. The van der Waals surface area contributed by atoms with Crippen LogP contribution in [0.1, 0.15) is 5.56 Å². The molecule has 106 valence electrons. The van der Waals surface area contributed by atoms with Crippen molar-refractivity contribution in [3.05, 3.63) is 51.3 Å². The maximum Gasteiger partial charge on any atom is 0.174 e. The number of ether oxygens (including phenoxy) is 2. The minimum Gasteiger partial charge on any atom is -0.493 e. The number of anilines is 1. The van der Waals surface area contributed by atoms with E-state index in [4.69, 9.17) is 9.47 Å². The van der Waals surface area contributed by atoms with Crippen molar-refractivity contribution in [3.63, 3.8) is 0 Å². The van der Waals surface area contributed by atoms with E-state index in [1.807, 2.05) is 12.1 Å². The third-order valence-corrected chi connectivity index (χ3v) is 3.64. The smallest absolute Gasteiger partial charge is 0.174 e. The second kappa shape index (κ2) is 6.78. The van der Waals surface area contributed by atoms with Crippen LogP contribution < -0.4 is 14.8 Å². The molecule has 0 aliphatic heterocycles. The molecule has 0 saturated carbocycles. The van der Waals surface area contributed by atoms with Crippen molar-refractivity contribution in [1.82, 2.24) is 0 Å². The monoisotopic (exact) mass is 387 g/mol. The van der Waals surface area contributed by atoms with Gasteiger partial charge >= 0.3 is 0 Å². The summed E-state index contributed by atoms with van der Waals surface area (Å²) < 4.78 is 24.4. The van der Waals surface area contributed by atoms with Crippen molar-refractivity contribution < 1.29 is 13.9 Å². The molecule has 0 amide bonds. The Hall–Kier alpha value is -1.50. The van der Waals surface area contributed by atoms with Gasteiger partial charge in [-0.25, -0.2) is 4.39 Å². The summed E-state index contributed by atoms with van der Waals surface area (Å²) in [5, 5.41) is 3.24. The molecule has 0 heterocycles. The Balaban J connectivity index is 2.13. The predicted octanol–water partition coefficient (Wildman–Crippen LogP) is 4.06. The number of halogens is 2. The second-order valence-electron chi connectivity index (χ2n) is 4.17. The van der Waals surface area contributed by atoms with Crippen molar-refractivity contribution in [2.45, 2.75) is 6.54 Å². The molecule has 0 bridgehead atoms. The summed E-state index contributed by atoms with van der Waals surface area (Å²) in [5.74, 6) is 1.20. The van der Waals surface area contributed by atoms with Crippen molar-refractivity contribution >= 4 is 28.3 Å². The van der Waals surface area contributed by atoms with Crippen LogP contribution in [0, 0.1) is 9.39 Å². The molecule has 0 atom stereocenters. The molecule has 3 nitrogen and oxygen atoms in total. The Morgan fingerprint density at radius 2 is 1.80 bits per heavy atom. The van der Waals surface area contributed by atoms with Gasteiger partial charge in [-0.3, -0.25) is 0 Å². The average molecular weight is 387 g/mol. The zero-order valence-electron chi connectivity index (χ0n) is 11.2. The number of hydrogen-bond acceptors (Lipinski definition) is 3. The van der Waals surface area contributed by atoms with E-state index in [0.717, 1.165) is 20.6 Å². The first-order chi connectivity index (χ1) is 9.63. The van der Waals surface area contributed by atoms with Gasteiger partial charge in [0.1, 0.15) is 5.82 Å². The summed E-state index contributed by atoms with van der Waals surface area (Å²) in [7, 11) is 3.24. The van der Waals surface area contributed by atoms with E-state index in [0.29, 0.717) is 12.3 Å². The fourth-order valence-corrected chi connectivity index (χ4v) is 2.73. The van der Waals surface area contributed by atoms with Gasteiger partial charge in [-0.15, -0.1) is 0 Å². The summed E-state index contributed by atoms with van der Waals surface area (Å²) >= 11 is 2.21. The maximum atomic E-state index is 12.8. The third kappa shape index (κ3) is 3.53. The van der Waals surface area contributed by atoms with Gasteiger partial charge in [0.15, 0.2) is 11.5 Å². The number of hydrogen-bond donors (Lipinski definition) is 1. The Morgan fingerprint density at radius 3 is 2.40 bits per heavy atom. The van der Waals surface area contributed by atoms with Crippen LogP contribution in [0.3, 0.4) is 0 Å². The van der Waals surface area contributed by atoms with Crippen LogP contribution in [-0.4, -0.2) is 14.2 Å². The summed E-state index contributed by atoms with van der Waals surface area (Å²) in [6, 6.07) is 10.2. The van der Waals surface area contributed by atoms with Crippen LogP contribution in [0.5, 0.6) is 11.5 Å². The number of nitrogens with one attached hydrogen (secondary N) is 1. The highest BCUT2D eigenvalue weighted by Gasteiger charge is 2.10. The fourth-order valence-electron chi connectivity index (χ4n) is 1.85. The van der Waals surface area contributed by atoms with E-state index in [-0.39, 0.29) is 5.82 Å².